The Morgan fingerprint density at radius 1 is 1.29 bits per heavy atom. The molecule has 0 aliphatic rings. The van der Waals surface area contributed by atoms with E-state index in [4.69, 9.17) is 11.6 Å². The minimum atomic E-state index is -0.0475. The van der Waals surface area contributed by atoms with Gasteiger partial charge in [-0.25, -0.2) is 0 Å². The molecular weight excluding hydrogens is 316 g/mol. The molecule has 0 bridgehead atoms. The molecular formula is C14H14BrClS. The molecule has 1 aromatic heterocycles. The summed E-state index contributed by atoms with van der Waals surface area (Å²) in [6.07, 6.45) is 1.02. The van der Waals surface area contributed by atoms with Crippen LogP contribution in [0.2, 0.25) is 0 Å². The highest BCUT2D eigenvalue weighted by molar-refractivity contribution is 9.11. The van der Waals surface area contributed by atoms with Crippen molar-refractivity contribution in [2.75, 3.05) is 0 Å². The predicted molar refractivity (Wildman–Crippen MR) is 80.3 cm³/mol. The van der Waals surface area contributed by atoms with E-state index in [9.17, 15) is 0 Å². The predicted octanol–water partition coefficient (Wildman–Crippen LogP) is 5.71. The minimum absolute atomic E-state index is 0.0475. The Kier molecular flexibility index (Phi) is 4.29. The molecule has 2 rings (SSSR count). The third-order valence-corrected chi connectivity index (χ3v) is 4.95. The van der Waals surface area contributed by atoms with E-state index in [-0.39, 0.29) is 5.38 Å². The van der Waals surface area contributed by atoms with E-state index in [1.165, 1.54) is 21.6 Å². The first-order chi connectivity index (χ1) is 8.13. The second kappa shape index (κ2) is 5.55. The van der Waals surface area contributed by atoms with Crippen molar-refractivity contribution in [3.05, 3.63) is 55.7 Å². The van der Waals surface area contributed by atoms with Gasteiger partial charge in [0.25, 0.3) is 0 Å². The van der Waals surface area contributed by atoms with Gasteiger partial charge in [0.2, 0.25) is 0 Å². The summed E-state index contributed by atoms with van der Waals surface area (Å²) >= 11 is 11.9. The summed E-state index contributed by atoms with van der Waals surface area (Å²) in [7, 11) is 0. The summed E-state index contributed by atoms with van der Waals surface area (Å²) in [4.78, 5) is 1.28. The lowest BCUT2D eigenvalue weighted by Gasteiger charge is -2.13. The molecule has 1 atom stereocenters. The molecule has 0 N–H and O–H groups in total. The first-order valence-corrected chi connectivity index (χ1v) is 7.65. The summed E-state index contributed by atoms with van der Waals surface area (Å²) in [6, 6.07) is 10.5. The molecule has 0 saturated heterocycles. The molecule has 1 aromatic carbocycles. The van der Waals surface area contributed by atoms with Crippen molar-refractivity contribution in [1.82, 2.24) is 0 Å². The van der Waals surface area contributed by atoms with Crippen LogP contribution in [-0.4, -0.2) is 0 Å². The normalized spacial score (nSPS) is 12.7. The fourth-order valence-corrected chi connectivity index (χ4v) is 4.23. The molecule has 0 aliphatic heterocycles. The van der Waals surface area contributed by atoms with Crippen LogP contribution in [0.5, 0.6) is 0 Å². The third-order valence-electron chi connectivity index (χ3n) is 2.91. The summed E-state index contributed by atoms with van der Waals surface area (Å²) < 4.78 is 1.14. The Bertz CT molecular complexity index is 519. The van der Waals surface area contributed by atoms with Gasteiger partial charge in [-0.1, -0.05) is 31.2 Å². The number of alkyl halides is 1. The highest BCUT2D eigenvalue weighted by Crippen LogP contribution is 2.38. The lowest BCUT2D eigenvalue weighted by Crippen LogP contribution is -1.98. The highest BCUT2D eigenvalue weighted by Gasteiger charge is 2.17. The van der Waals surface area contributed by atoms with Crippen molar-refractivity contribution in [1.29, 1.82) is 0 Å². The van der Waals surface area contributed by atoms with Crippen molar-refractivity contribution < 1.29 is 0 Å². The Morgan fingerprint density at radius 2 is 2.00 bits per heavy atom. The molecule has 0 fully saturated rings. The van der Waals surface area contributed by atoms with Crippen LogP contribution in [0.15, 0.2) is 34.1 Å². The fraction of sp³-hybridized carbons (Fsp3) is 0.286. The number of halogens is 2. The van der Waals surface area contributed by atoms with Crippen LogP contribution < -0.4 is 0 Å². The molecule has 0 amide bonds. The first-order valence-electron chi connectivity index (χ1n) is 5.61. The van der Waals surface area contributed by atoms with Crippen molar-refractivity contribution >= 4 is 38.9 Å². The van der Waals surface area contributed by atoms with E-state index in [0.29, 0.717) is 0 Å². The zero-order chi connectivity index (χ0) is 12.4. The summed E-state index contributed by atoms with van der Waals surface area (Å²) in [5, 5.41) is -0.0475. The molecule has 1 heterocycles. The SMILES string of the molecule is CCc1ccccc1C(Cl)c1cc(Br)sc1C. The minimum Gasteiger partial charge on any atom is -0.133 e. The van der Waals surface area contributed by atoms with Gasteiger partial charge in [-0.15, -0.1) is 22.9 Å². The Hall–Kier alpha value is -0.310. The molecule has 3 heteroatoms. The van der Waals surface area contributed by atoms with Crippen molar-refractivity contribution in [2.24, 2.45) is 0 Å². The number of hydrogen-bond donors (Lipinski definition) is 0. The smallest absolute Gasteiger partial charge is 0.0849 e. The molecule has 0 spiro atoms. The largest absolute Gasteiger partial charge is 0.133 e. The van der Waals surface area contributed by atoms with Gasteiger partial charge in [0.05, 0.1) is 9.16 Å². The van der Waals surface area contributed by atoms with Crippen LogP contribution in [0.25, 0.3) is 0 Å². The average Bonchev–Trinajstić information content (AvgIpc) is 2.67. The molecule has 17 heavy (non-hydrogen) atoms. The molecule has 0 nitrogen and oxygen atoms in total. The van der Waals surface area contributed by atoms with Gasteiger partial charge in [-0.05, 0) is 52.0 Å². The van der Waals surface area contributed by atoms with Crippen LogP contribution in [0.3, 0.4) is 0 Å². The zero-order valence-electron chi connectivity index (χ0n) is 9.84. The van der Waals surface area contributed by atoms with E-state index < -0.39 is 0 Å². The van der Waals surface area contributed by atoms with E-state index in [1.54, 1.807) is 11.3 Å². The highest BCUT2D eigenvalue weighted by atomic mass is 79.9. The number of aryl methyl sites for hydroxylation is 2. The standard InChI is InChI=1S/C14H14BrClS/c1-3-10-6-4-5-7-11(10)14(16)12-8-13(15)17-9(12)2/h4-8,14H,3H2,1-2H3. The maximum Gasteiger partial charge on any atom is 0.0849 e. The molecule has 0 radical (unpaired) electrons. The van der Waals surface area contributed by atoms with Gasteiger partial charge in [-0.2, -0.15) is 0 Å². The van der Waals surface area contributed by atoms with Crippen LogP contribution in [0.4, 0.5) is 0 Å². The quantitative estimate of drug-likeness (QED) is 0.633. The number of benzene rings is 1. The second-order valence-electron chi connectivity index (χ2n) is 3.98. The molecule has 90 valence electrons. The molecule has 0 aliphatic carbocycles. The maximum atomic E-state index is 6.62. The van der Waals surface area contributed by atoms with Crippen LogP contribution in [-0.2, 0) is 6.42 Å². The Labute approximate surface area is 120 Å². The van der Waals surface area contributed by atoms with Crippen molar-refractivity contribution in [2.45, 2.75) is 25.6 Å². The first kappa shape index (κ1) is 13.1. The fourth-order valence-electron chi connectivity index (χ4n) is 1.98. The summed E-state index contributed by atoms with van der Waals surface area (Å²) in [6.45, 7) is 4.29. The molecule has 2 aromatic rings. The van der Waals surface area contributed by atoms with Gasteiger partial charge in [0.1, 0.15) is 0 Å². The van der Waals surface area contributed by atoms with Gasteiger partial charge >= 0.3 is 0 Å². The van der Waals surface area contributed by atoms with Gasteiger partial charge in [-0.3, -0.25) is 0 Å². The monoisotopic (exact) mass is 328 g/mol. The van der Waals surface area contributed by atoms with Crippen LogP contribution in [0.1, 0.15) is 33.9 Å². The average molecular weight is 330 g/mol. The van der Waals surface area contributed by atoms with Crippen molar-refractivity contribution in [3.63, 3.8) is 0 Å². The topological polar surface area (TPSA) is 0 Å². The molecule has 0 saturated carbocycles. The maximum absolute atomic E-state index is 6.62. The van der Waals surface area contributed by atoms with Crippen molar-refractivity contribution in [3.8, 4) is 0 Å². The molecule has 1 unspecified atom stereocenters. The Morgan fingerprint density at radius 3 is 2.59 bits per heavy atom. The van der Waals surface area contributed by atoms with E-state index >= 15 is 0 Å². The second-order valence-corrected chi connectivity index (χ2v) is 7.05. The summed E-state index contributed by atoms with van der Waals surface area (Å²) in [5.41, 5.74) is 3.77. The third kappa shape index (κ3) is 2.75. The van der Waals surface area contributed by atoms with Gasteiger partial charge in [0.15, 0.2) is 0 Å². The van der Waals surface area contributed by atoms with E-state index in [0.717, 1.165) is 10.2 Å². The van der Waals surface area contributed by atoms with Gasteiger partial charge in [0, 0.05) is 4.88 Å². The Balaban J connectivity index is 2.43. The van der Waals surface area contributed by atoms with Crippen LogP contribution >= 0.6 is 38.9 Å². The van der Waals surface area contributed by atoms with E-state index in [2.05, 4.69) is 60.1 Å². The van der Waals surface area contributed by atoms with E-state index in [1.807, 2.05) is 0 Å². The number of rotatable bonds is 3. The summed E-state index contributed by atoms with van der Waals surface area (Å²) in [5.74, 6) is 0. The lowest BCUT2D eigenvalue weighted by molar-refractivity contribution is 1.04. The van der Waals surface area contributed by atoms with Gasteiger partial charge < -0.3 is 0 Å². The number of hydrogen-bond acceptors (Lipinski definition) is 1. The zero-order valence-corrected chi connectivity index (χ0v) is 13.0. The van der Waals surface area contributed by atoms with Crippen LogP contribution in [0, 0.1) is 6.92 Å². The lowest BCUT2D eigenvalue weighted by atomic mass is 9.98. The number of thiophene rings is 1.